The lowest BCUT2D eigenvalue weighted by atomic mass is 10.2. The molecule has 0 fully saturated rings. The molecule has 0 heterocycles. The predicted molar refractivity (Wildman–Crippen MR) is 63.7 cm³/mol. The summed E-state index contributed by atoms with van der Waals surface area (Å²) in [6, 6.07) is 10.3. The van der Waals surface area contributed by atoms with Gasteiger partial charge in [0.2, 0.25) is 0 Å². The first-order chi connectivity index (χ1) is 6.68. The zero-order valence-corrected chi connectivity index (χ0v) is 10.3. The average Bonchev–Trinajstić information content (AvgIpc) is 2.15. The Balaban J connectivity index is 2.27. The van der Waals surface area contributed by atoms with Crippen molar-refractivity contribution in [3.05, 3.63) is 35.9 Å². The quantitative estimate of drug-likeness (QED) is 0.729. The second-order valence-electron chi connectivity index (χ2n) is 3.62. The summed E-state index contributed by atoms with van der Waals surface area (Å²) in [6.45, 7) is 4.96. The third kappa shape index (κ3) is 4.77. The molecule has 0 aromatic heterocycles. The van der Waals surface area contributed by atoms with E-state index in [-0.39, 0.29) is 0 Å². The van der Waals surface area contributed by atoms with Gasteiger partial charge in [-0.2, -0.15) is 0 Å². The summed E-state index contributed by atoms with van der Waals surface area (Å²) in [4.78, 5) is 0.522. The minimum atomic E-state index is 0.310. The van der Waals surface area contributed by atoms with Crippen LogP contribution in [0.25, 0.3) is 0 Å². The van der Waals surface area contributed by atoms with Gasteiger partial charge in [-0.1, -0.05) is 53.2 Å². The Labute approximate surface area is 94.6 Å². The minimum Gasteiger partial charge on any atom is -0.374 e. The topological polar surface area (TPSA) is 9.23 Å². The smallest absolute Gasteiger partial charge is 0.0720 e. The van der Waals surface area contributed by atoms with E-state index in [4.69, 9.17) is 4.74 Å². The molecule has 14 heavy (non-hydrogen) atoms. The molecule has 0 aliphatic rings. The summed E-state index contributed by atoms with van der Waals surface area (Å²) >= 11 is 3.52. The van der Waals surface area contributed by atoms with Crippen LogP contribution in [0.2, 0.25) is 0 Å². The van der Waals surface area contributed by atoms with E-state index in [1.54, 1.807) is 0 Å². The maximum atomic E-state index is 5.71. The highest BCUT2D eigenvalue weighted by Gasteiger charge is 2.05. The molecule has 0 spiro atoms. The number of halogens is 1. The lowest BCUT2D eigenvalue weighted by molar-refractivity contribution is 0.0484. The molecular formula is C12H17BrO. The van der Waals surface area contributed by atoms with Gasteiger partial charge < -0.3 is 4.74 Å². The summed E-state index contributed by atoms with van der Waals surface area (Å²) in [5.41, 5.74) is 1.24. The van der Waals surface area contributed by atoms with Gasteiger partial charge in [-0.25, -0.2) is 0 Å². The molecule has 0 saturated carbocycles. The average molecular weight is 257 g/mol. The van der Waals surface area contributed by atoms with E-state index in [1.807, 2.05) is 18.2 Å². The zero-order chi connectivity index (χ0) is 10.4. The number of hydrogen-bond acceptors (Lipinski definition) is 1. The largest absolute Gasteiger partial charge is 0.374 e. The van der Waals surface area contributed by atoms with Gasteiger partial charge in [-0.3, -0.25) is 0 Å². The third-order valence-electron chi connectivity index (χ3n) is 2.03. The molecule has 1 rings (SSSR count). The Morgan fingerprint density at radius 2 is 1.86 bits per heavy atom. The van der Waals surface area contributed by atoms with Crippen LogP contribution in [0.5, 0.6) is 0 Å². The van der Waals surface area contributed by atoms with Crippen LogP contribution in [-0.2, 0) is 11.3 Å². The molecule has 0 aliphatic heterocycles. The standard InChI is InChI=1S/C12H17BrO/c1-10(13)8-11(2)14-9-12-6-4-3-5-7-12/h3-7,10-11H,8-9H2,1-2H3/t10-,11-/m0/s1. The lowest BCUT2D eigenvalue weighted by Gasteiger charge is -2.14. The van der Waals surface area contributed by atoms with E-state index in [0.717, 1.165) is 6.42 Å². The molecule has 1 aromatic carbocycles. The number of hydrogen-bond donors (Lipinski definition) is 0. The molecule has 0 amide bonds. The first-order valence-corrected chi connectivity index (χ1v) is 5.89. The van der Waals surface area contributed by atoms with Crippen molar-refractivity contribution in [1.29, 1.82) is 0 Å². The molecule has 0 bridgehead atoms. The maximum absolute atomic E-state index is 5.71. The molecule has 0 N–H and O–H groups in total. The highest BCUT2D eigenvalue weighted by Crippen LogP contribution is 2.11. The summed E-state index contributed by atoms with van der Waals surface area (Å²) < 4.78 is 5.71. The molecule has 0 unspecified atom stereocenters. The van der Waals surface area contributed by atoms with Gasteiger partial charge in [-0.05, 0) is 18.9 Å². The van der Waals surface area contributed by atoms with E-state index in [2.05, 4.69) is 41.9 Å². The molecule has 0 radical (unpaired) electrons. The first-order valence-electron chi connectivity index (χ1n) is 4.98. The highest BCUT2D eigenvalue weighted by atomic mass is 79.9. The van der Waals surface area contributed by atoms with Gasteiger partial charge in [0.25, 0.3) is 0 Å². The number of alkyl halides is 1. The van der Waals surface area contributed by atoms with Crippen molar-refractivity contribution in [2.45, 2.75) is 37.8 Å². The summed E-state index contributed by atoms with van der Waals surface area (Å²) in [7, 11) is 0. The molecule has 1 aromatic rings. The fourth-order valence-electron chi connectivity index (χ4n) is 1.34. The van der Waals surface area contributed by atoms with Crippen LogP contribution < -0.4 is 0 Å². The molecule has 78 valence electrons. The number of benzene rings is 1. The van der Waals surface area contributed by atoms with Crippen molar-refractivity contribution in [3.63, 3.8) is 0 Å². The van der Waals surface area contributed by atoms with Gasteiger partial charge in [-0.15, -0.1) is 0 Å². The van der Waals surface area contributed by atoms with Gasteiger partial charge in [0, 0.05) is 4.83 Å². The molecular weight excluding hydrogens is 240 g/mol. The van der Waals surface area contributed by atoms with Crippen LogP contribution in [0.15, 0.2) is 30.3 Å². The fraction of sp³-hybridized carbons (Fsp3) is 0.500. The van der Waals surface area contributed by atoms with Gasteiger partial charge in [0.05, 0.1) is 12.7 Å². The fourth-order valence-corrected chi connectivity index (χ4v) is 1.86. The van der Waals surface area contributed by atoms with Crippen LogP contribution in [0.3, 0.4) is 0 Å². The van der Waals surface area contributed by atoms with E-state index >= 15 is 0 Å². The Morgan fingerprint density at radius 1 is 1.21 bits per heavy atom. The van der Waals surface area contributed by atoms with Crippen molar-refractivity contribution >= 4 is 15.9 Å². The predicted octanol–water partition coefficient (Wildman–Crippen LogP) is 3.77. The van der Waals surface area contributed by atoms with Crippen LogP contribution in [0.4, 0.5) is 0 Å². The molecule has 2 heteroatoms. The maximum Gasteiger partial charge on any atom is 0.0720 e. The SMILES string of the molecule is C[C@H](Br)C[C@H](C)OCc1ccccc1. The molecule has 2 atom stereocenters. The van der Waals surface area contributed by atoms with Crippen LogP contribution in [-0.4, -0.2) is 10.9 Å². The third-order valence-corrected chi connectivity index (χ3v) is 2.41. The normalized spacial score (nSPS) is 15.1. The van der Waals surface area contributed by atoms with Gasteiger partial charge >= 0.3 is 0 Å². The van der Waals surface area contributed by atoms with E-state index < -0.39 is 0 Å². The number of ether oxygens (including phenoxy) is 1. The zero-order valence-electron chi connectivity index (χ0n) is 8.74. The first kappa shape index (κ1) is 11.7. The Kier molecular flexibility index (Phi) is 5.20. The Hall–Kier alpha value is -0.340. The van der Waals surface area contributed by atoms with E-state index in [9.17, 15) is 0 Å². The monoisotopic (exact) mass is 256 g/mol. The van der Waals surface area contributed by atoms with Crippen LogP contribution in [0, 0.1) is 0 Å². The van der Waals surface area contributed by atoms with Crippen LogP contribution >= 0.6 is 15.9 Å². The Bertz CT molecular complexity index is 246. The lowest BCUT2D eigenvalue weighted by Crippen LogP contribution is -2.12. The van der Waals surface area contributed by atoms with Crippen LogP contribution in [0.1, 0.15) is 25.8 Å². The van der Waals surface area contributed by atoms with Crippen molar-refractivity contribution in [3.8, 4) is 0 Å². The molecule has 0 saturated heterocycles. The van der Waals surface area contributed by atoms with Crippen molar-refractivity contribution in [2.24, 2.45) is 0 Å². The van der Waals surface area contributed by atoms with Crippen molar-refractivity contribution in [1.82, 2.24) is 0 Å². The molecule has 1 nitrogen and oxygen atoms in total. The highest BCUT2D eigenvalue weighted by molar-refractivity contribution is 9.09. The Morgan fingerprint density at radius 3 is 2.43 bits per heavy atom. The van der Waals surface area contributed by atoms with Gasteiger partial charge in [0.1, 0.15) is 0 Å². The summed E-state index contributed by atoms with van der Waals surface area (Å²) in [5, 5.41) is 0. The minimum absolute atomic E-state index is 0.310. The van der Waals surface area contributed by atoms with Crippen molar-refractivity contribution in [2.75, 3.05) is 0 Å². The summed E-state index contributed by atoms with van der Waals surface area (Å²) in [6.07, 6.45) is 1.36. The molecule has 0 aliphatic carbocycles. The second kappa shape index (κ2) is 6.20. The van der Waals surface area contributed by atoms with E-state index in [1.165, 1.54) is 5.56 Å². The van der Waals surface area contributed by atoms with Crippen molar-refractivity contribution < 1.29 is 4.74 Å². The van der Waals surface area contributed by atoms with E-state index in [0.29, 0.717) is 17.5 Å². The number of rotatable bonds is 5. The second-order valence-corrected chi connectivity index (χ2v) is 5.19. The van der Waals surface area contributed by atoms with Gasteiger partial charge in [0.15, 0.2) is 0 Å². The summed E-state index contributed by atoms with van der Waals surface area (Å²) in [5.74, 6) is 0.